The van der Waals surface area contributed by atoms with Crippen LogP contribution in [-0.4, -0.2) is 41.1 Å². The largest absolute Gasteiger partial charge is 0.324 e. The number of nitrogens with two attached hydrogens (primary N) is 1. The van der Waals surface area contributed by atoms with Gasteiger partial charge in [-0.25, -0.2) is 0 Å². The van der Waals surface area contributed by atoms with Gasteiger partial charge in [0.15, 0.2) is 0 Å². The van der Waals surface area contributed by atoms with Crippen LogP contribution in [0.15, 0.2) is 0 Å². The molecule has 3 heteroatoms. The Morgan fingerprint density at radius 1 is 1.54 bits per heavy atom. The lowest BCUT2D eigenvalue weighted by atomic mass is 10.0. The fourth-order valence-electron chi connectivity index (χ4n) is 2.06. The maximum atomic E-state index is 6.00. The zero-order chi connectivity index (χ0) is 10.1. The van der Waals surface area contributed by atoms with E-state index >= 15 is 0 Å². The van der Waals surface area contributed by atoms with Gasteiger partial charge < -0.3 is 10.6 Å². The van der Waals surface area contributed by atoms with Crippen LogP contribution in [0.5, 0.6) is 0 Å². The summed E-state index contributed by atoms with van der Waals surface area (Å²) in [6.45, 7) is 7.50. The van der Waals surface area contributed by atoms with E-state index in [2.05, 4.69) is 44.5 Å². The zero-order valence-electron chi connectivity index (χ0n) is 9.21. The van der Waals surface area contributed by atoms with Gasteiger partial charge in [-0.15, -0.1) is 0 Å². The van der Waals surface area contributed by atoms with Crippen LogP contribution in [0.3, 0.4) is 0 Å². The van der Waals surface area contributed by atoms with Crippen LogP contribution in [0.1, 0.15) is 27.2 Å². The molecular weight excluding hydrogens is 180 g/mol. The highest BCUT2D eigenvalue weighted by Gasteiger charge is 2.29. The summed E-state index contributed by atoms with van der Waals surface area (Å²) in [4.78, 5) is 2.42. The SMILES string of the molecule is CC1SCCC1N(C)CC(C)(C)N. The van der Waals surface area contributed by atoms with Crippen LogP contribution in [0.4, 0.5) is 0 Å². The first-order valence-corrected chi connectivity index (χ1v) is 6.06. The van der Waals surface area contributed by atoms with Gasteiger partial charge in [-0.1, -0.05) is 6.92 Å². The van der Waals surface area contributed by atoms with Crippen molar-refractivity contribution in [3.8, 4) is 0 Å². The van der Waals surface area contributed by atoms with Crippen molar-refractivity contribution in [3.63, 3.8) is 0 Å². The van der Waals surface area contributed by atoms with E-state index in [0.29, 0.717) is 0 Å². The van der Waals surface area contributed by atoms with Gasteiger partial charge in [0, 0.05) is 23.4 Å². The molecule has 1 aliphatic heterocycles. The zero-order valence-corrected chi connectivity index (χ0v) is 10.0. The quantitative estimate of drug-likeness (QED) is 0.753. The first kappa shape index (κ1) is 11.3. The molecule has 0 bridgehead atoms. The minimum absolute atomic E-state index is 0.0677. The second-order valence-corrected chi connectivity index (χ2v) is 6.32. The smallest absolute Gasteiger partial charge is 0.0226 e. The van der Waals surface area contributed by atoms with Crippen molar-refractivity contribution in [2.45, 2.75) is 44.0 Å². The number of hydrogen-bond acceptors (Lipinski definition) is 3. The van der Waals surface area contributed by atoms with E-state index in [-0.39, 0.29) is 5.54 Å². The minimum Gasteiger partial charge on any atom is -0.324 e. The van der Waals surface area contributed by atoms with Gasteiger partial charge in [0.05, 0.1) is 0 Å². The average Bonchev–Trinajstić information content (AvgIpc) is 2.30. The van der Waals surface area contributed by atoms with Crippen LogP contribution in [-0.2, 0) is 0 Å². The lowest BCUT2D eigenvalue weighted by molar-refractivity contribution is 0.202. The Morgan fingerprint density at radius 2 is 2.15 bits per heavy atom. The molecule has 0 amide bonds. The average molecular weight is 202 g/mol. The molecule has 0 spiro atoms. The molecule has 0 radical (unpaired) electrons. The second kappa shape index (κ2) is 4.20. The van der Waals surface area contributed by atoms with Crippen LogP contribution < -0.4 is 5.73 Å². The standard InChI is InChI=1S/C10H22N2S/c1-8-9(5-6-13-8)12(4)7-10(2,3)11/h8-9H,5-7,11H2,1-4H3. The van der Waals surface area contributed by atoms with Crippen molar-refractivity contribution in [3.05, 3.63) is 0 Å². The Balaban J connectivity index is 2.43. The fraction of sp³-hybridized carbons (Fsp3) is 1.00. The van der Waals surface area contributed by atoms with E-state index in [1.165, 1.54) is 12.2 Å². The molecule has 1 fully saturated rings. The van der Waals surface area contributed by atoms with Crippen LogP contribution >= 0.6 is 11.8 Å². The molecule has 0 saturated carbocycles. The number of likely N-dealkylation sites (N-methyl/N-ethyl adjacent to an activating group) is 1. The van der Waals surface area contributed by atoms with E-state index in [1.54, 1.807) is 0 Å². The summed E-state index contributed by atoms with van der Waals surface area (Å²) in [6.07, 6.45) is 1.32. The molecule has 2 unspecified atom stereocenters. The van der Waals surface area contributed by atoms with Crippen LogP contribution in [0.25, 0.3) is 0 Å². The summed E-state index contributed by atoms with van der Waals surface area (Å²) in [5.41, 5.74) is 5.93. The highest BCUT2D eigenvalue weighted by atomic mass is 32.2. The molecular formula is C10H22N2S. The van der Waals surface area contributed by atoms with E-state index in [0.717, 1.165) is 17.8 Å². The molecule has 2 N–H and O–H groups in total. The highest BCUT2D eigenvalue weighted by molar-refractivity contribution is 8.00. The maximum Gasteiger partial charge on any atom is 0.0226 e. The third-order valence-corrected chi connectivity index (χ3v) is 3.87. The van der Waals surface area contributed by atoms with E-state index in [1.807, 2.05) is 0 Å². The van der Waals surface area contributed by atoms with Crippen molar-refractivity contribution in [1.82, 2.24) is 4.90 Å². The third kappa shape index (κ3) is 3.49. The molecule has 1 saturated heterocycles. The number of hydrogen-bond donors (Lipinski definition) is 1. The number of thioether (sulfide) groups is 1. The Kier molecular flexibility index (Phi) is 3.66. The lowest BCUT2D eigenvalue weighted by Gasteiger charge is -2.32. The van der Waals surface area contributed by atoms with Gasteiger partial charge in [0.25, 0.3) is 0 Å². The van der Waals surface area contributed by atoms with Crippen molar-refractivity contribution >= 4 is 11.8 Å². The Hall–Kier alpha value is 0.270. The summed E-state index contributed by atoms with van der Waals surface area (Å²) in [5, 5.41) is 0.771. The second-order valence-electron chi connectivity index (χ2n) is 4.84. The molecule has 2 nitrogen and oxygen atoms in total. The summed E-state index contributed by atoms with van der Waals surface area (Å²) < 4.78 is 0. The first-order valence-electron chi connectivity index (χ1n) is 5.01. The molecule has 0 aromatic rings. The Bertz CT molecular complexity index is 165. The topological polar surface area (TPSA) is 29.3 Å². The first-order chi connectivity index (χ1) is 5.90. The molecule has 0 aromatic carbocycles. The normalized spacial score (nSPS) is 30.0. The number of rotatable bonds is 3. The molecule has 2 atom stereocenters. The van der Waals surface area contributed by atoms with E-state index in [4.69, 9.17) is 5.73 Å². The Labute approximate surface area is 86.2 Å². The van der Waals surface area contributed by atoms with Crippen molar-refractivity contribution in [1.29, 1.82) is 0 Å². The van der Waals surface area contributed by atoms with Crippen molar-refractivity contribution in [2.75, 3.05) is 19.3 Å². The summed E-state index contributed by atoms with van der Waals surface area (Å²) in [6, 6.07) is 0.729. The summed E-state index contributed by atoms with van der Waals surface area (Å²) >= 11 is 2.08. The van der Waals surface area contributed by atoms with Crippen LogP contribution in [0, 0.1) is 0 Å². The van der Waals surface area contributed by atoms with Gasteiger partial charge in [0.1, 0.15) is 0 Å². The molecule has 1 aliphatic rings. The van der Waals surface area contributed by atoms with Crippen molar-refractivity contribution in [2.24, 2.45) is 5.73 Å². The molecule has 0 aromatic heterocycles. The third-order valence-electron chi connectivity index (χ3n) is 2.56. The molecule has 1 rings (SSSR count). The van der Waals surface area contributed by atoms with Gasteiger partial charge >= 0.3 is 0 Å². The number of nitrogens with zero attached hydrogens (tertiary/aromatic N) is 1. The fourth-order valence-corrected chi connectivity index (χ4v) is 3.37. The van der Waals surface area contributed by atoms with E-state index < -0.39 is 0 Å². The van der Waals surface area contributed by atoms with Gasteiger partial charge in [-0.2, -0.15) is 11.8 Å². The van der Waals surface area contributed by atoms with E-state index in [9.17, 15) is 0 Å². The predicted octanol–water partition coefficient (Wildman–Crippen LogP) is 1.55. The minimum atomic E-state index is -0.0677. The molecule has 1 heterocycles. The lowest BCUT2D eigenvalue weighted by Crippen LogP contribution is -2.48. The van der Waals surface area contributed by atoms with Gasteiger partial charge in [0.2, 0.25) is 0 Å². The monoisotopic (exact) mass is 202 g/mol. The van der Waals surface area contributed by atoms with Gasteiger partial charge in [-0.3, -0.25) is 0 Å². The predicted molar refractivity (Wildman–Crippen MR) is 61.2 cm³/mol. The van der Waals surface area contributed by atoms with Gasteiger partial charge in [-0.05, 0) is 33.1 Å². The Morgan fingerprint density at radius 3 is 2.54 bits per heavy atom. The highest BCUT2D eigenvalue weighted by Crippen LogP contribution is 2.29. The molecule has 13 heavy (non-hydrogen) atoms. The molecule has 78 valence electrons. The van der Waals surface area contributed by atoms with Crippen LogP contribution in [0.2, 0.25) is 0 Å². The summed E-state index contributed by atoms with van der Waals surface area (Å²) in [5.74, 6) is 1.31. The maximum absolute atomic E-state index is 6.00. The summed E-state index contributed by atoms with van der Waals surface area (Å²) in [7, 11) is 2.20. The molecule has 0 aliphatic carbocycles. The van der Waals surface area contributed by atoms with Crippen molar-refractivity contribution < 1.29 is 0 Å².